The largest absolute Gasteiger partial charge is 0.362 e. The van der Waals surface area contributed by atoms with E-state index in [4.69, 9.17) is 12.2 Å². The summed E-state index contributed by atoms with van der Waals surface area (Å²) in [5, 5.41) is 10.5. The van der Waals surface area contributed by atoms with E-state index in [0.717, 1.165) is 36.6 Å². The van der Waals surface area contributed by atoms with Crippen molar-refractivity contribution in [2.45, 2.75) is 6.42 Å². The van der Waals surface area contributed by atoms with Crippen LogP contribution in [0.25, 0.3) is 0 Å². The summed E-state index contributed by atoms with van der Waals surface area (Å²) in [4.78, 5) is 1.45. The number of hydrogen-bond donors (Lipinski definition) is 4. The molecule has 0 radical (unpaired) electrons. The minimum atomic E-state index is 0.663. The van der Waals surface area contributed by atoms with E-state index in [1.54, 1.807) is 0 Å². The van der Waals surface area contributed by atoms with Crippen LogP contribution in [0.2, 0.25) is 0 Å². The predicted molar refractivity (Wildman–Crippen MR) is 103 cm³/mol. The molecule has 0 saturated carbocycles. The van der Waals surface area contributed by atoms with Crippen LogP contribution >= 0.6 is 12.2 Å². The summed E-state index contributed by atoms with van der Waals surface area (Å²) >= 11 is 5.34. The molecule has 0 aliphatic heterocycles. The van der Waals surface area contributed by atoms with E-state index in [-0.39, 0.29) is 0 Å². The Balaban J connectivity index is 1.83. The first-order chi connectivity index (χ1) is 11.1. The zero-order valence-corrected chi connectivity index (χ0v) is 14.5. The van der Waals surface area contributed by atoms with E-state index < -0.39 is 0 Å². The van der Waals surface area contributed by atoms with Gasteiger partial charge in [-0.25, -0.2) is 0 Å². The fourth-order valence-corrected chi connectivity index (χ4v) is 2.40. The first kappa shape index (κ1) is 17.2. The van der Waals surface area contributed by atoms with Crippen molar-refractivity contribution in [1.82, 2.24) is 5.32 Å². The second kappa shape index (κ2) is 9.12. The van der Waals surface area contributed by atoms with Crippen LogP contribution in [0.3, 0.4) is 0 Å². The molecule has 0 aliphatic carbocycles. The van der Waals surface area contributed by atoms with Crippen LogP contribution in [-0.2, 0) is 0 Å². The molecule has 2 rings (SSSR count). The SMILES string of the molecule is C[NH+](C)CCCNC(=S)Nc1cccc(Nc2ccccc2)c1. The average molecular weight is 329 g/mol. The fraction of sp³-hybridized carbons (Fsp3) is 0.278. The number of anilines is 3. The maximum Gasteiger partial charge on any atom is 0.170 e. The minimum Gasteiger partial charge on any atom is -0.362 e. The van der Waals surface area contributed by atoms with Crippen LogP contribution < -0.4 is 20.9 Å². The molecular formula is C18H25N4S+. The van der Waals surface area contributed by atoms with Crippen molar-refractivity contribution in [3.05, 3.63) is 54.6 Å². The number of benzene rings is 2. The maximum absolute atomic E-state index is 5.34. The molecule has 0 spiro atoms. The number of thiocarbonyl (C=S) groups is 1. The van der Waals surface area contributed by atoms with Gasteiger partial charge < -0.3 is 20.9 Å². The Kier molecular flexibility index (Phi) is 6.84. The van der Waals surface area contributed by atoms with Gasteiger partial charge in [-0.05, 0) is 42.5 Å². The highest BCUT2D eigenvalue weighted by molar-refractivity contribution is 7.80. The molecule has 0 aromatic heterocycles. The highest BCUT2D eigenvalue weighted by Crippen LogP contribution is 2.19. The molecule has 0 saturated heterocycles. The van der Waals surface area contributed by atoms with Crippen molar-refractivity contribution < 1.29 is 4.90 Å². The monoisotopic (exact) mass is 329 g/mol. The number of nitrogens with one attached hydrogen (secondary N) is 4. The lowest BCUT2D eigenvalue weighted by molar-refractivity contribution is -0.858. The van der Waals surface area contributed by atoms with E-state index in [1.165, 1.54) is 4.90 Å². The average Bonchev–Trinajstić information content (AvgIpc) is 2.53. The summed E-state index contributed by atoms with van der Waals surface area (Å²) in [6.45, 7) is 2.02. The Morgan fingerprint density at radius 3 is 2.39 bits per heavy atom. The summed E-state index contributed by atoms with van der Waals surface area (Å²) in [6.07, 6.45) is 1.10. The van der Waals surface area contributed by atoms with Gasteiger partial charge in [0.15, 0.2) is 5.11 Å². The lowest BCUT2D eigenvalue weighted by Crippen LogP contribution is -3.05. The molecular weight excluding hydrogens is 304 g/mol. The van der Waals surface area contributed by atoms with Crippen LogP contribution in [0.1, 0.15) is 6.42 Å². The molecule has 0 amide bonds. The first-order valence-corrected chi connectivity index (χ1v) is 8.30. The van der Waals surface area contributed by atoms with Crippen molar-refractivity contribution in [3.8, 4) is 0 Å². The third kappa shape index (κ3) is 6.67. The molecule has 0 atom stereocenters. The molecule has 122 valence electrons. The number of hydrogen-bond acceptors (Lipinski definition) is 2. The van der Waals surface area contributed by atoms with Gasteiger partial charge in [0.1, 0.15) is 0 Å². The van der Waals surface area contributed by atoms with Crippen LogP contribution in [0.4, 0.5) is 17.1 Å². The zero-order valence-electron chi connectivity index (χ0n) is 13.7. The lowest BCUT2D eigenvalue weighted by Gasteiger charge is -2.13. The van der Waals surface area contributed by atoms with Gasteiger partial charge in [0, 0.05) is 30.0 Å². The first-order valence-electron chi connectivity index (χ1n) is 7.89. The summed E-state index contributed by atoms with van der Waals surface area (Å²) in [7, 11) is 4.31. The Bertz CT molecular complexity index is 613. The van der Waals surface area contributed by atoms with Crippen LogP contribution in [-0.4, -0.2) is 32.3 Å². The van der Waals surface area contributed by atoms with Gasteiger partial charge >= 0.3 is 0 Å². The van der Waals surface area contributed by atoms with Crippen molar-refractivity contribution >= 4 is 34.4 Å². The van der Waals surface area contributed by atoms with Gasteiger partial charge in [0.05, 0.1) is 20.6 Å². The molecule has 4 N–H and O–H groups in total. The Morgan fingerprint density at radius 2 is 1.65 bits per heavy atom. The van der Waals surface area contributed by atoms with Crippen molar-refractivity contribution in [1.29, 1.82) is 0 Å². The molecule has 0 aliphatic rings. The summed E-state index contributed by atoms with van der Waals surface area (Å²) in [5.41, 5.74) is 3.07. The van der Waals surface area contributed by atoms with E-state index >= 15 is 0 Å². The molecule has 0 bridgehead atoms. The quantitative estimate of drug-likeness (QED) is 0.465. The Morgan fingerprint density at radius 1 is 0.957 bits per heavy atom. The van der Waals surface area contributed by atoms with E-state index in [0.29, 0.717) is 5.11 Å². The molecule has 2 aromatic rings. The number of para-hydroxylation sites is 1. The van der Waals surface area contributed by atoms with Crippen LogP contribution in [0.5, 0.6) is 0 Å². The van der Waals surface area contributed by atoms with Crippen LogP contribution in [0.15, 0.2) is 54.6 Å². The molecule has 2 aromatic carbocycles. The molecule has 0 heterocycles. The molecule has 4 nitrogen and oxygen atoms in total. The van der Waals surface area contributed by atoms with Gasteiger partial charge in [0.2, 0.25) is 0 Å². The smallest absolute Gasteiger partial charge is 0.170 e. The van der Waals surface area contributed by atoms with Crippen molar-refractivity contribution in [3.63, 3.8) is 0 Å². The summed E-state index contributed by atoms with van der Waals surface area (Å²) < 4.78 is 0. The van der Waals surface area contributed by atoms with Crippen LogP contribution in [0, 0.1) is 0 Å². The maximum atomic E-state index is 5.34. The minimum absolute atomic E-state index is 0.663. The topological polar surface area (TPSA) is 40.5 Å². The van der Waals surface area contributed by atoms with E-state index in [1.807, 2.05) is 54.6 Å². The molecule has 0 unspecified atom stereocenters. The third-order valence-corrected chi connectivity index (χ3v) is 3.57. The second-order valence-corrected chi connectivity index (χ2v) is 6.17. The molecule has 23 heavy (non-hydrogen) atoms. The summed E-state index contributed by atoms with van der Waals surface area (Å²) in [5.74, 6) is 0. The van der Waals surface area contributed by atoms with E-state index in [9.17, 15) is 0 Å². The third-order valence-electron chi connectivity index (χ3n) is 3.32. The van der Waals surface area contributed by atoms with Gasteiger partial charge in [-0.2, -0.15) is 0 Å². The highest BCUT2D eigenvalue weighted by Gasteiger charge is 2.00. The lowest BCUT2D eigenvalue weighted by atomic mass is 10.2. The number of quaternary nitrogens is 1. The number of rotatable bonds is 7. The van der Waals surface area contributed by atoms with E-state index in [2.05, 4.69) is 30.0 Å². The summed E-state index contributed by atoms with van der Waals surface area (Å²) in [6, 6.07) is 18.2. The van der Waals surface area contributed by atoms with Gasteiger partial charge in [-0.1, -0.05) is 24.3 Å². The Hall–Kier alpha value is -2.11. The normalized spacial score (nSPS) is 10.4. The standard InChI is InChI=1S/C18H24N4S/c1-22(2)13-7-12-19-18(23)21-17-11-6-10-16(14-17)20-15-8-4-3-5-9-15/h3-6,8-11,14,20H,7,12-13H2,1-2H3,(H2,19,21,23)/p+1. The second-order valence-electron chi connectivity index (χ2n) is 5.76. The molecule has 0 fully saturated rings. The van der Waals surface area contributed by atoms with Gasteiger partial charge in [-0.15, -0.1) is 0 Å². The van der Waals surface area contributed by atoms with Gasteiger partial charge in [0.25, 0.3) is 0 Å². The fourth-order valence-electron chi connectivity index (χ4n) is 2.18. The molecule has 5 heteroatoms. The van der Waals surface area contributed by atoms with Gasteiger partial charge in [-0.3, -0.25) is 0 Å². The predicted octanol–water partition coefficient (Wildman–Crippen LogP) is 2.25. The van der Waals surface area contributed by atoms with Crippen molar-refractivity contribution in [2.24, 2.45) is 0 Å². The zero-order chi connectivity index (χ0) is 16.5. The Labute approximate surface area is 143 Å². The van der Waals surface area contributed by atoms with Crippen molar-refractivity contribution in [2.75, 3.05) is 37.8 Å². The highest BCUT2D eigenvalue weighted by atomic mass is 32.1.